The van der Waals surface area contributed by atoms with Crippen LogP contribution in [0.15, 0.2) is 0 Å². The number of hydrogen-bond acceptors (Lipinski definition) is 2. The van der Waals surface area contributed by atoms with Crippen molar-refractivity contribution in [1.29, 1.82) is 0 Å². The quantitative estimate of drug-likeness (QED) is 0.460. The van der Waals surface area contributed by atoms with Gasteiger partial charge in [0.1, 0.15) is 0 Å². The van der Waals surface area contributed by atoms with Crippen LogP contribution in [0.2, 0.25) is 0 Å². The molecule has 0 atom stereocenters. The summed E-state index contributed by atoms with van der Waals surface area (Å²) in [6.07, 6.45) is 1.10. The van der Waals surface area contributed by atoms with E-state index in [1.807, 2.05) is 5.06 Å². The van der Waals surface area contributed by atoms with Crippen molar-refractivity contribution < 1.29 is 4.84 Å². The average Bonchev–Trinajstić information content (AvgIpc) is 1.88. The van der Waals surface area contributed by atoms with E-state index in [4.69, 9.17) is 16.4 Å². The van der Waals surface area contributed by atoms with Crippen LogP contribution in [0.5, 0.6) is 0 Å². The van der Waals surface area contributed by atoms with Crippen molar-refractivity contribution in [1.82, 2.24) is 5.06 Å². The Morgan fingerprint density at radius 2 is 2.00 bits per heavy atom. The van der Waals surface area contributed by atoms with Gasteiger partial charge in [-0.25, -0.2) is 0 Å². The molecule has 0 fully saturated rings. The number of hydroxylamine groups is 2. The Labute approximate surface area is 69.1 Å². The lowest BCUT2D eigenvalue weighted by Crippen LogP contribution is -2.25. The first-order valence-corrected chi connectivity index (χ1v) is 3.73. The van der Waals surface area contributed by atoms with Gasteiger partial charge >= 0.3 is 0 Å². The van der Waals surface area contributed by atoms with Crippen molar-refractivity contribution in [2.75, 3.05) is 26.1 Å². The minimum Gasteiger partial charge on any atom is -0.302 e. The molecule has 0 aliphatic carbocycles. The second-order valence-corrected chi connectivity index (χ2v) is 2.18. The van der Waals surface area contributed by atoms with Crippen LogP contribution in [-0.4, -0.2) is 31.1 Å². The van der Waals surface area contributed by atoms with E-state index in [1.54, 1.807) is 7.11 Å². The second kappa shape index (κ2) is 9.21. The molecule has 64 valence electrons. The second-order valence-electron chi connectivity index (χ2n) is 1.80. The zero-order chi connectivity index (χ0) is 7.11. The van der Waals surface area contributed by atoms with Crippen LogP contribution >= 0.6 is 11.6 Å². The molecule has 0 aromatic carbocycles. The number of hydrogen-bond donors (Lipinski definition) is 0. The predicted octanol–water partition coefficient (Wildman–Crippen LogP) is 2.13. The molecule has 10 heavy (non-hydrogen) atoms. The molecule has 0 aliphatic heterocycles. The third kappa shape index (κ3) is 6.33. The maximum absolute atomic E-state index is 5.49. The maximum Gasteiger partial charge on any atom is 0.0575 e. The van der Waals surface area contributed by atoms with E-state index >= 15 is 0 Å². The van der Waals surface area contributed by atoms with Crippen molar-refractivity contribution in [2.24, 2.45) is 0 Å². The van der Waals surface area contributed by atoms with Gasteiger partial charge in [0.2, 0.25) is 0 Å². The average molecular weight is 168 g/mol. The van der Waals surface area contributed by atoms with Crippen molar-refractivity contribution >= 4 is 11.6 Å². The van der Waals surface area contributed by atoms with Gasteiger partial charge in [-0.3, -0.25) is 0 Å². The summed E-state index contributed by atoms with van der Waals surface area (Å²) >= 11 is 5.49. The van der Waals surface area contributed by atoms with Crippen LogP contribution in [0.3, 0.4) is 0 Å². The standard InChI is InChI=1S/C6H14ClNO.CH4/c1-3-5-8(9-2)6-4-7;/h3-6H2,1-2H3;1H4. The van der Waals surface area contributed by atoms with Gasteiger partial charge in [0, 0.05) is 19.0 Å². The summed E-state index contributed by atoms with van der Waals surface area (Å²) < 4.78 is 0. The topological polar surface area (TPSA) is 12.5 Å². The van der Waals surface area contributed by atoms with Crippen LogP contribution in [0.25, 0.3) is 0 Å². The molecule has 0 radical (unpaired) electrons. The summed E-state index contributed by atoms with van der Waals surface area (Å²) in [6, 6.07) is 0. The lowest BCUT2D eigenvalue weighted by atomic mass is 10.5. The highest BCUT2D eigenvalue weighted by atomic mass is 35.5. The Morgan fingerprint density at radius 1 is 1.40 bits per heavy atom. The van der Waals surface area contributed by atoms with Crippen molar-refractivity contribution in [2.45, 2.75) is 20.8 Å². The first kappa shape index (κ1) is 12.8. The SMILES string of the molecule is C.CCCN(CCCl)OC. The van der Waals surface area contributed by atoms with E-state index < -0.39 is 0 Å². The minimum absolute atomic E-state index is 0. The summed E-state index contributed by atoms with van der Waals surface area (Å²) in [5, 5.41) is 1.85. The molecule has 0 bridgehead atoms. The van der Waals surface area contributed by atoms with Crippen molar-refractivity contribution in [3.8, 4) is 0 Å². The Bertz CT molecular complexity index is 55.6. The number of rotatable bonds is 5. The highest BCUT2D eigenvalue weighted by Gasteiger charge is 1.97. The predicted molar refractivity (Wildman–Crippen MR) is 46.3 cm³/mol. The highest BCUT2D eigenvalue weighted by molar-refractivity contribution is 6.18. The molecule has 0 spiro atoms. The molecule has 0 rings (SSSR count). The normalized spacial score (nSPS) is 9.60. The third-order valence-electron chi connectivity index (χ3n) is 1.07. The first-order valence-electron chi connectivity index (χ1n) is 3.20. The van der Waals surface area contributed by atoms with E-state index in [0.717, 1.165) is 19.5 Å². The van der Waals surface area contributed by atoms with Crippen LogP contribution in [0.1, 0.15) is 20.8 Å². The van der Waals surface area contributed by atoms with E-state index in [1.165, 1.54) is 0 Å². The lowest BCUT2D eigenvalue weighted by Gasteiger charge is -2.16. The molecule has 0 heterocycles. The van der Waals surface area contributed by atoms with Gasteiger partial charge in [-0.2, -0.15) is 5.06 Å². The Morgan fingerprint density at radius 3 is 2.30 bits per heavy atom. The molecule has 0 N–H and O–H groups in total. The molecule has 0 saturated carbocycles. The molecule has 0 aromatic heterocycles. The zero-order valence-corrected chi connectivity index (χ0v) is 6.82. The van der Waals surface area contributed by atoms with Crippen LogP contribution in [-0.2, 0) is 4.84 Å². The van der Waals surface area contributed by atoms with Crippen molar-refractivity contribution in [3.63, 3.8) is 0 Å². The van der Waals surface area contributed by atoms with E-state index in [2.05, 4.69) is 6.92 Å². The number of nitrogens with zero attached hydrogens (tertiary/aromatic N) is 1. The number of alkyl halides is 1. The fourth-order valence-corrected chi connectivity index (χ4v) is 0.827. The summed E-state index contributed by atoms with van der Waals surface area (Å²) in [7, 11) is 1.67. The molecule has 3 heteroatoms. The van der Waals surface area contributed by atoms with Crippen LogP contribution in [0, 0.1) is 0 Å². The third-order valence-corrected chi connectivity index (χ3v) is 1.23. The number of halogens is 1. The van der Waals surface area contributed by atoms with Gasteiger partial charge in [-0.1, -0.05) is 14.4 Å². The van der Waals surface area contributed by atoms with E-state index in [9.17, 15) is 0 Å². The summed E-state index contributed by atoms with van der Waals surface area (Å²) in [4.78, 5) is 4.98. The fraction of sp³-hybridized carbons (Fsp3) is 1.00. The summed E-state index contributed by atoms with van der Waals surface area (Å²) in [6.45, 7) is 3.88. The smallest absolute Gasteiger partial charge is 0.0575 e. The summed E-state index contributed by atoms with van der Waals surface area (Å²) in [5.41, 5.74) is 0. The molecule has 0 amide bonds. The molecular weight excluding hydrogens is 150 g/mol. The first-order chi connectivity index (χ1) is 4.35. The van der Waals surface area contributed by atoms with Crippen LogP contribution < -0.4 is 0 Å². The molecule has 2 nitrogen and oxygen atoms in total. The van der Waals surface area contributed by atoms with E-state index in [-0.39, 0.29) is 7.43 Å². The van der Waals surface area contributed by atoms with Gasteiger partial charge < -0.3 is 4.84 Å². The van der Waals surface area contributed by atoms with Gasteiger partial charge in [0.25, 0.3) is 0 Å². The molecule has 0 unspecified atom stereocenters. The van der Waals surface area contributed by atoms with Crippen molar-refractivity contribution in [3.05, 3.63) is 0 Å². The van der Waals surface area contributed by atoms with Gasteiger partial charge in [0.15, 0.2) is 0 Å². The molecular formula is C7H18ClNO. The van der Waals surface area contributed by atoms with Crippen LogP contribution in [0.4, 0.5) is 0 Å². The molecule has 0 aromatic rings. The highest BCUT2D eigenvalue weighted by Crippen LogP contribution is 1.91. The fourth-order valence-electron chi connectivity index (χ4n) is 0.638. The Balaban J connectivity index is 0. The summed E-state index contributed by atoms with van der Waals surface area (Å²) in [5.74, 6) is 0.633. The van der Waals surface area contributed by atoms with Gasteiger partial charge in [-0.05, 0) is 6.42 Å². The maximum atomic E-state index is 5.49. The Kier molecular flexibility index (Phi) is 11.8. The zero-order valence-electron chi connectivity index (χ0n) is 6.06. The Hall–Kier alpha value is 0.210. The monoisotopic (exact) mass is 167 g/mol. The van der Waals surface area contributed by atoms with Gasteiger partial charge in [0.05, 0.1) is 7.11 Å². The molecule has 0 saturated heterocycles. The molecule has 0 aliphatic rings. The minimum atomic E-state index is 0. The lowest BCUT2D eigenvalue weighted by molar-refractivity contribution is -0.126. The van der Waals surface area contributed by atoms with Gasteiger partial charge in [-0.15, -0.1) is 11.6 Å². The van der Waals surface area contributed by atoms with E-state index in [0.29, 0.717) is 5.88 Å². The largest absolute Gasteiger partial charge is 0.302 e.